The van der Waals surface area contributed by atoms with Gasteiger partial charge in [-0.1, -0.05) is 212 Å². The molecule has 2 heteroatoms. The van der Waals surface area contributed by atoms with E-state index in [1.807, 2.05) is 0 Å². The fraction of sp³-hybridized carbons (Fsp3) is 0.0303. The van der Waals surface area contributed by atoms with E-state index in [0.29, 0.717) is 0 Å². The van der Waals surface area contributed by atoms with Gasteiger partial charge in [0.1, 0.15) is 0 Å². The molecule has 0 spiro atoms. The lowest BCUT2D eigenvalue weighted by molar-refractivity contribution is 0.821. The summed E-state index contributed by atoms with van der Waals surface area (Å²) in [6.45, 7) is 0. The third-order valence-corrected chi connectivity index (χ3v) is 14.1. The van der Waals surface area contributed by atoms with Gasteiger partial charge < -0.3 is 9.47 Å². The molecule has 320 valence electrons. The smallest absolute Gasteiger partial charge is 0.0547 e. The molecule has 11 aromatic carbocycles. The molecule has 13 rings (SSSR count). The van der Waals surface area contributed by atoms with E-state index < -0.39 is 0 Å². The zero-order valence-corrected chi connectivity index (χ0v) is 37.5. The molecule has 0 saturated carbocycles. The van der Waals surface area contributed by atoms with Crippen molar-refractivity contribution in [3.05, 3.63) is 271 Å². The molecule has 0 N–H and O–H groups in total. The van der Waals surface area contributed by atoms with Crippen LogP contribution in [0.3, 0.4) is 0 Å². The first-order chi connectivity index (χ1) is 33.8. The molecule has 1 aliphatic rings. The fourth-order valence-electron chi connectivity index (χ4n) is 11.2. The summed E-state index contributed by atoms with van der Waals surface area (Å²) in [5, 5.41) is 7.47. The Morgan fingerprint density at radius 3 is 1.84 bits per heavy atom. The van der Waals surface area contributed by atoms with Crippen molar-refractivity contribution >= 4 is 66.5 Å². The number of hydrogen-bond donors (Lipinski definition) is 0. The van der Waals surface area contributed by atoms with Crippen LogP contribution in [0.15, 0.2) is 255 Å². The maximum Gasteiger partial charge on any atom is 0.0547 e. The second-order valence-electron chi connectivity index (χ2n) is 17.9. The number of rotatable bonds is 8. The van der Waals surface area contributed by atoms with Gasteiger partial charge in [0.05, 0.1) is 22.4 Å². The van der Waals surface area contributed by atoms with Crippen molar-refractivity contribution in [2.24, 2.45) is 0 Å². The first-order valence-corrected chi connectivity index (χ1v) is 23.7. The summed E-state index contributed by atoms with van der Waals surface area (Å²) in [6.07, 6.45) is 5.61. The lowest BCUT2D eigenvalue weighted by atomic mass is 9.78. The Labute approximate surface area is 397 Å². The van der Waals surface area contributed by atoms with Crippen molar-refractivity contribution in [1.29, 1.82) is 0 Å². The van der Waals surface area contributed by atoms with Crippen LogP contribution in [0, 0.1) is 0 Å². The standard InChI is InChI=1S/C66H46N2/c1-3-20-45(21-4-1)52-33-16-23-47-24-17-37-59(65(47)52)58-31-10-13-39-62(58)68(61-38-12-9-30-57(61)55-36-18-35-54-51-29-8-7-22-46(51)42-43-56(54)55)50-28-15-25-48(44-50)53-34-19-41-64-66(53)60-32-11-14-40-63(60)67(64)49-26-5-2-6-27-49/h1-32,34-44,52H,33H2. The van der Waals surface area contributed by atoms with Crippen LogP contribution in [-0.4, -0.2) is 4.57 Å². The largest absolute Gasteiger partial charge is 0.309 e. The minimum Gasteiger partial charge on any atom is -0.309 e. The van der Waals surface area contributed by atoms with Crippen LogP contribution in [0.2, 0.25) is 0 Å². The van der Waals surface area contributed by atoms with E-state index in [9.17, 15) is 0 Å². The Hall–Kier alpha value is -8.72. The normalized spacial score (nSPS) is 13.3. The second-order valence-corrected chi connectivity index (χ2v) is 17.9. The maximum absolute atomic E-state index is 2.52. The third kappa shape index (κ3) is 6.56. The third-order valence-electron chi connectivity index (χ3n) is 14.1. The van der Waals surface area contributed by atoms with Gasteiger partial charge in [0.25, 0.3) is 0 Å². The van der Waals surface area contributed by atoms with Crippen LogP contribution in [0.4, 0.5) is 17.1 Å². The summed E-state index contributed by atoms with van der Waals surface area (Å²) >= 11 is 0. The topological polar surface area (TPSA) is 8.17 Å². The second kappa shape index (κ2) is 16.6. The lowest BCUT2D eigenvalue weighted by Crippen LogP contribution is -2.14. The molecule has 68 heavy (non-hydrogen) atoms. The molecule has 0 bridgehead atoms. The highest BCUT2D eigenvalue weighted by atomic mass is 15.1. The number of anilines is 3. The highest BCUT2D eigenvalue weighted by Crippen LogP contribution is 2.50. The number of para-hydroxylation sites is 4. The molecule has 0 radical (unpaired) electrons. The summed E-state index contributed by atoms with van der Waals surface area (Å²) < 4.78 is 2.41. The van der Waals surface area contributed by atoms with Gasteiger partial charge in [-0.3, -0.25) is 0 Å². The summed E-state index contributed by atoms with van der Waals surface area (Å²) in [6, 6.07) is 91.6. The minimum atomic E-state index is 0.230. The highest BCUT2D eigenvalue weighted by Gasteiger charge is 2.27. The Morgan fingerprint density at radius 2 is 1.00 bits per heavy atom. The van der Waals surface area contributed by atoms with Crippen LogP contribution >= 0.6 is 0 Å². The number of benzene rings is 11. The summed E-state index contributed by atoms with van der Waals surface area (Å²) in [4.78, 5) is 2.52. The molecule has 0 aliphatic heterocycles. The Balaban J connectivity index is 1.06. The van der Waals surface area contributed by atoms with Crippen LogP contribution in [0.1, 0.15) is 29.0 Å². The first-order valence-electron chi connectivity index (χ1n) is 23.7. The molecular formula is C66H46N2. The van der Waals surface area contributed by atoms with Gasteiger partial charge in [0, 0.05) is 39.2 Å². The molecule has 1 aromatic heterocycles. The molecule has 1 heterocycles. The predicted molar refractivity (Wildman–Crippen MR) is 289 cm³/mol. The number of allylic oxidation sites excluding steroid dienone is 1. The van der Waals surface area contributed by atoms with Gasteiger partial charge in [-0.2, -0.15) is 0 Å². The molecule has 0 amide bonds. The number of aromatic nitrogens is 1. The Bertz CT molecular complexity index is 3900. The van der Waals surface area contributed by atoms with Crippen molar-refractivity contribution in [3.8, 4) is 39.1 Å². The fourth-order valence-corrected chi connectivity index (χ4v) is 11.2. The molecule has 0 saturated heterocycles. The SMILES string of the molecule is C1=Cc2cccc(-c3ccccc3N(c3cccc(-c4cccc5c4c4ccccc4n5-c4ccccc4)c3)c3ccccc3-c3cccc4c3ccc3ccccc34)c2C(c2ccccc2)C1. The minimum absolute atomic E-state index is 0.230. The Morgan fingerprint density at radius 1 is 0.397 bits per heavy atom. The Kier molecular flexibility index (Phi) is 9.68. The van der Waals surface area contributed by atoms with Gasteiger partial charge >= 0.3 is 0 Å². The van der Waals surface area contributed by atoms with Crippen molar-refractivity contribution in [2.45, 2.75) is 12.3 Å². The van der Waals surface area contributed by atoms with Gasteiger partial charge in [-0.25, -0.2) is 0 Å². The number of hydrogen-bond acceptors (Lipinski definition) is 1. The van der Waals surface area contributed by atoms with Gasteiger partial charge in [-0.15, -0.1) is 0 Å². The lowest BCUT2D eigenvalue weighted by Gasteiger charge is -2.32. The first kappa shape index (κ1) is 39.6. The van der Waals surface area contributed by atoms with Crippen molar-refractivity contribution in [1.82, 2.24) is 4.57 Å². The molecule has 12 aromatic rings. The molecule has 1 aliphatic carbocycles. The van der Waals surface area contributed by atoms with E-state index in [1.165, 1.54) is 87.9 Å². The zero-order valence-electron chi connectivity index (χ0n) is 37.5. The monoisotopic (exact) mass is 866 g/mol. The van der Waals surface area contributed by atoms with Gasteiger partial charge in [0.15, 0.2) is 0 Å². The van der Waals surface area contributed by atoms with E-state index in [2.05, 4.69) is 270 Å². The van der Waals surface area contributed by atoms with Crippen molar-refractivity contribution in [2.75, 3.05) is 4.90 Å². The van der Waals surface area contributed by atoms with Crippen molar-refractivity contribution < 1.29 is 0 Å². The summed E-state index contributed by atoms with van der Waals surface area (Å²) in [5.74, 6) is 0.230. The molecule has 1 unspecified atom stereocenters. The highest BCUT2D eigenvalue weighted by molar-refractivity contribution is 6.16. The molecule has 0 fully saturated rings. The zero-order chi connectivity index (χ0) is 45.0. The van der Waals surface area contributed by atoms with Gasteiger partial charge in [0.2, 0.25) is 0 Å². The van der Waals surface area contributed by atoms with E-state index in [0.717, 1.165) is 34.7 Å². The quantitative estimate of drug-likeness (QED) is 0.138. The van der Waals surface area contributed by atoms with Crippen LogP contribution in [0.5, 0.6) is 0 Å². The van der Waals surface area contributed by atoms with Crippen LogP contribution in [-0.2, 0) is 0 Å². The van der Waals surface area contributed by atoms with E-state index in [4.69, 9.17) is 0 Å². The summed E-state index contributed by atoms with van der Waals surface area (Å²) in [5.41, 5.74) is 18.0. The summed E-state index contributed by atoms with van der Waals surface area (Å²) in [7, 11) is 0. The molecular weight excluding hydrogens is 821 g/mol. The molecule has 2 nitrogen and oxygen atoms in total. The number of fused-ring (bicyclic) bond motifs is 7. The van der Waals surface area contributed by atoms with Crippen LogP contribution < -0.4 is 4.90 Å². The van der Waals surface area contributed by atoms with Crippen molar-refractivity contribution in [3.63, 3.8) is 0 Å². The average molecular weight is 867 g/mol. The van der Waals surface area contributed by atoms with E-state index in [-0.39, 0.29) is 5.92 Å². The number of nitrogens with zero attached hydrogens (tertiary/aromatic N) is 2. The molecule has 1 atom stereocenters. The predicted octanol–water partition coefficient (Wildman–Crippen LogP) is 18.1. The van der Waals surface area contributed by atoms with Crippen LogP contribution in [0.25, 0.3) is 88.5 Å². The average Bonchev–Trinajstić information content (AvgIpc) is 3.76. The van der Waals surface area contributed by atoms with E-state index in [1.54, 1.807) is 0 Å². The van der Waals surface area contributed by atoms with Gasteiger partial charge in [-0.05, 0) is 115 Å². The maximum atomic E-state index is 2.52. The van der Waals surface area contributed by atoms with E-state index >= 15 is 0 Å².